The van der Waals surface area contributed by atoms with Crippen molar-refractivity contribution in [3.63, 3.8) is 0 Å². The van der Waals surface area contributed by atoms with Crippen molar-refractivity contribution in [3.8, 4) is 5.75 Å². The summed E-state index contributed by atoms with van der Waals surface area (Å²) in [6.07, 6.45) is 0.745. The predicted octanol–water partition coefficient (Wildman–Crippen LogP) is 3.87. The number of ether oxygens (including phenoxy) is 2. The van der Waals surface area contributed by atoms with Gasteiger partial charge in [0.25, 0.3) is 10.0 Å². The molecule has 9 heteroatoms. The maximum absolute atomic E-state index is 13.4. The van der Waals surface area contributed by atoms with Crippen LogP contribution in [0.25, 0.3) is 0 Å². The number of sulfonamides is 1. The predicted molar refractivity (Wildman–Crippen MR) is 122 cm³/mol. The van der Waals surface area contributed by atoms with E-state index in [1.165, 1.54) is 24.3 Å². The van der Waals surface area contributed by atoms with E-state index in [0.29, 0.717) is 37.0 Å². The van der Waals surface area contributed by atoms with E-state index in [1.54, 1.807) is 31.2 Å². The van der Waals surface area contributed by atoms with Gasteiger partial charge < -0.3 is 14.8 Å². The molecule has 0 saturated heterocycles. The van der Waals surface area contributed by atoms with Crippen LogP contribution >= 0.6 is 11.6 Å². The van der Waals surface area contributed by atoms with Crippen LogP contribution in [0, 0.1) is 0 Å². The minimum absolute atomic E-state index is 0.0290. The van der Waals surface area contributed by atoms with Crippen LogP contribution < -0.4 is 14.4 Å². The Balaban J connectivity index is 2.27. The fourth-order valence-corrected chi connectivity index (χ4v) is 4.34. The quantitative estimate of drug-likeness (QED) is 0.478. The molecule has 7 nitrogen and oxygen atoms in total. The van der Waals surface area contributed by atoms with E-state index in [1.807, 2.05) is 13.8 Å². The van der Waals surface area contributed by atoms with Gasteiger partial charge in [-0.05, 0) is 63.6 Å². The number of benzene rings is 2. The molecule has 0 heterocycles. The zero-order valence-electron chi connectivity index (χ0n) is 18.0. The van der Waals surface area contributed by atoms with Gasteiger partial charge in [0.2, 0.25) is 5.91 Å². The number of nitrogens with one attached hydrogen (secondary N) is 1. The Morgan fingerprint density at radius 2 is 1.81 bits per heavy atom. The molecule has 0 aromatic heterocycles. The van der Waals surface area contributed by atoms with Crippen molar-refractivity contribution in [1.29, 1.82) is 0 Å². The summed E-state index contributed by atoms with van der Waals surface area (Å²) in [6, 6.07) is 12.5. The molecule has 0 bridgehead atoms. The fourth-order valence-electron chi connectivity index (χ4n) is 2.78. The lowest BCUT2D eigenvalue weighted by molar-refractivity contribution is -0.119. The zero-order chi connectivity index (χ0) is 22.9. The number of anilines is 1. The smallest absolute Gasteiger partial charge is 0.264 e. The Morgan fingerprint density at radius 1 is 1.13 bits per heavy atom. The summed E-state index contributed by atoms with van der Waals surface area (Å²) in [4.78, 5) is 12.6. The van der Waals surface area contributed by atoms with E-state index in [2.05, 4.69) is 5.32 Å². The number of hydrogen-bond donors (Lipinski definition) is 1. The van der Waals surface area contributed by atoms with Gasteiger partial charge in [0.15, 0.2) is 0 Å². The molecule has 2 aromatic carbocycles. The molecule has 2 rings (SSSR count). The van der Waals surface area contributed by atoms with Crippen LogP contribution in [0.4, 0.5) is 5.69 Å². The fraction of sp³-hybridized carbons (Fsp3) is 0.409. The van der Waals surface area contributed by atoms with Crippen LogP contribution in [0.5, 0.6) is 5.75 Å². The summed E-state index contributed by atoms with van der Waals surface area (Å²) < 4.78 is 38.9. The summed E-state index contributed by atoms with van der Waals surface area (Å²) in [7, 11) is -4.04. The molecule has 0 aliphatic carbocycles. The van der Waals surface area contributed by atoms with Crippen LogP contribution in [0.15, 0.2) is 53.4 Å². The van der Waals surface area contributed by atoms with Gasteiger partial charge in [-0.3, -0.25) is 9.10 Å². The van der Waals surface area contributed by atoms with Gasteiger partial charge in [0, 0.05) is 18.2 Å². The first-order chi connectivity index (χ1) is 14.8. The second-order valence-electron chi connectivity index (χ2n) is 6.99. The third-order valence-corrected chi connectivity index (χ3v) is 6.24. The Hall–Kier alpha value is -2.29. The van der Waals surface area contributed by atoms with Crippen LogP contribution in [-0.2, 0) is 19.6 Å². The van der Waals surface area contributed by atoms with E-state index in [-0.39, 0.29) is 23.2 Å². The van der Waals surface area contributed by atoms with E-state index in [0.717, 1.165) is 4.31 Å². The Morgan fingerprint density at radius 3 is 2.45 bits per heavy atom. The van der Waals surface area contributed by atoms with Crippen molar-refractivity contribution in [2.45, 2.75) is 38.2 Å². The minimum Gasteiger partial charge on any atom is -0.492 e. The maximum Gasteiger partial charge on any atom is 0.264 e. The van der Waals surface area contributed by atoms with Crippen LogP contribution in [-0.4, -0.2) is 46.7 Å². The highest BCUT2D eigenvalue weighted by Crippen LogP contribution is 2.32. The highest BCUT2D eigenvalue weighted by molar-refractivity contribution is 7.92. The van der Waals surface area contributed by atoms with Crippen molar-refractivity contribution >= 4 is 33.2 Å². The first-order valence-corrected chi connectivity index (χ1v) is 12.0. The minimum atomic E-state index is -4.04. The molecule has 31 heavy (non-hydrogen) atoms. The highest BCUT2D eigenvalue weighted by atomic mass is 35.5. The van der Waals surface area contributed by atoms with Gasteiger partial charge >= 0.3 is 0 Å². The Kier molecular flexibility index (Phi) is 9.61. The average Bonchev–Trinajstić information content (AvgIpc) is 2.72. The lowest BCUT2D eigenvalue weighted by atomic mass is 10.3. The number of amides is 1. The topological polar surface area (TPSA) is 84.9 Å². The van der Waals surface area contributed by atoms with Gasteiger partial charge in [0.1, 0.15) is 12.3 Å². The molecular formula is C22H29ClN2O5S. The number of rotatable bonds is 12. The number of carbonyl (C=O) groups excluding carboxylic acids is 1. The largest absolute Gasteiger partial charge is 0.492 e. The first kappa shape index (κ1) is 25.0. The van der Waals surface area contributed by atoms with E-state index in [4.69, 9.17) is 21.1 Å². The molecule has 0 spiro atoms. The molecule has 0 saturated carbocycles. The number of carbonyl (C=O) groups is 1. The van der Waals surface area contributed by atoms with Crippen LogP contribution in [0.3, 0.4) is 0 Å². The van der Waals surface area contributed by atoms with Crippen molar-refractivity contribution in [2.75, 3.05) is 30.6 Å². The molecule has 0 fully saturated rings. The molecule has 1 N–H and O–H groups in total. The summed E-state index contributed by atoms with van der Waals surface area (Å²) in [5, 5.41) is 3.17. The summed E-state index contributed by atoms with van der Waals surface area (Å²) in [6.45, 7) is 6.54. The number of para-hydroxylation sites is 2. The molecular weight excluding hydrogens is 440 g/mol. The number of halogens is 1. The van der Waals surface area contributed by atoms with Crippen molar-refractivity contribution in [3.05, 3.63) is 53.6 Å². The highest BCUT2D eigenvalue weighted by Gasteiger charge is 2.29. The van der Waals surface area contributed by atoms with E-state index >= 15 is 0 Å². The second-order valence-corrected chi connectivity index (χ2v) is 9.29. The third kappa shape index (κ3) is 7.41. The normalized spacial score (nSPS) is 11.4. The van der Waals surface area contributed by atoms with Crippen molar-refractivity contribution < 1.29 is 22.7 Å². The molecule has 2 aromatic rings. The van der Waals surface area contributed by atoms with Crippen LogP contribution in [0.1, 0.15) is 27.2 Å². The first-order valence-electron chi connectivity index (χ1n) is 10.1. The molecule has 0 unspecified atom stereocenters. The Labute approximate surface area is 189 Å². The standard InChI is InChI=1S/C22H29ClN2O5S/c1-4-29-21-9-6-5-8-20(21)25(16-22(26)24-14-7-15-30-17(2)3)31(27,28)19-12-10-18(23)11-13-19/h5-6,8-13,17H,4,7,14-16H2,1-3H3,(H,24,26). The molecule has 170 valence electrons. The summed E-state index contributed by atoms with van der Waals surface area (Å²) in [5.74, 6) is -0.0472. The Bertz CT molecular complexity index is 949. The van der Waals surface area contributed by atoms with Gasteiger partial charge in [-0.15, -0.1) is 0 Å². The summed E-state index contributed by atoms with van der Waals surface area (Å²) >= 11 is 5.91. The second kappa shape index (κ2) is 11.9. The monoisotopic (exact) mass is 468 g/mol. The molecule has 1 amide bonds. The lowest BCUT2D eigenvalue weighted by Gasteiger charge is -2.26. The number of nitrogens with zero attached hydrogens (tertiary/aromatic N) is 1. The molecule has 0 aliphatic heterocycles. The average molecular weight is 469 g/mol. The molecule has 0 atom stereocenters. The van der Waals surface area contributed by atoms with E-state index in [9.17, 15) is 13.2 Å². The van der Waals surface area contributed by atoms with Gasteiger partial charge in [-0.25, -0.2) is 8.42 Å². The zero-order valence-corrected chi connectivity index (χ0v) is 19.6. The molecule has 0 radical (unpaired) electrons. The summed E-state index contributed by atoms with van der Waals surface area (Å²) in [5.41, 5.74) is 0.289. The number of hydrogen-bond acceptors (Lipinski definition) is 5. The van der Waals surface area contributed by atoms with Crippen molar-refractivity contribution in [1.82, 2.24) is 5.32 Å². The third-order valence-electron chi connectivity index (χ3n) is 4.22. The maximum atomic E-state index is 13.4. The van der Waals surface area contributed by atoms with Crippen LogP contribution in [0.2, 0.25) is 5.02 Å². The van der Waals surface area contributed by atoms with Gasteiger partial charge in [-0.1, -0.05) is 23.7 Å². The lowest BCUT2D eigenvalue weighted by Crippen LogP contribution is -2.41. The van der Waals surface area contributed by atoms with Crippen molar-refractivity contribution in [2.24, 2.45) is 0 Å². The SMILES string of the molecule is CCOc1ccccc1N(CC(=O)NCCCOC(C)C)S(=O)(=O)c1ccc(Cl)cc1. The van der Waals surface area contributed by atoms with Gasteiger partial charge in [-0.2, -0.15) is 0 Å². The van der Waals surface area contributed by atoms with Gasteiger partial charge in [0.05, 0.1) is 23.3 Å². The molecule has 0 aliphatic rings. The van der Waals surface area contributed by atoms with E-state index < -0.39 is 15.9 Å².